The first-order valence-electron chi connectivity index (χ1n) is 7.95. The molecule has 0 fully saturated rings. The third-order valence-corrected chi connectivity index (χ3v) is 4.33. The molecule has 4 nitrogen and oxygen atoms in total. The zero-order valence-electron chi connectivity index (χ0n) is 14.2. The number of halogens is 1. The molecule has 0 bridgehead atoms. The molecule has 24 heavy (non-hydrogen) atoms. The molecule has 1 aromatic carbocycles. The third kappa shape index (κ3) is 8.01. The number of aryl methyl sites for hydroxylation is 1. The van der Waals surface area contributed by atoms with Crippen molar-refractivity contribution in [2.24, 2.45) is 4.99 Å². The Balaban J connectivity index is 0.00000288. The predicted octanol–water partition coefficient (Wildman–Crippen LogP) is 4.20. The molecule has 0 aliphatic carbocycles. The Labute approximate surface area is 165 Å². The maximum atomic E-state index is 5.67. The second-order valence-corrected chi connectivity index (χ2v) is 6.61. The molecular weight excluding hydrogens is 433 g/mol. The first-order chi connectivity index (χ1) is 11.3. The van der Waals surface area contributed by atoms with E-state index in [0.29, 0.717) is 0 Å². The van der Waals surface area contributed by atoms with Crippen LogP contribution in [0.2, 0.25) is 0 Å². The number of para-hydroxylation sites is 1. The van der Waals surface area contributed by atoms with E-state index < -0.39 is 0 Å². The van der Waals surface area contributed by atoms with Gasteiger partial charge in [0.05, 0.1) is 13.2 Å². The van der Waals surface area contributed by atoms with Crippen LogP contribution >= 0.6 is 35.3 Å². The molecule has 0 saturated carbocycles. The number of hydrogen-bond acceptors (Lipinski definition) is 3. The number of guanidine groups is 1. The number of thiophene rings is 1. The summed E-state index contributed by atoms with van der Waals surface area (Å²) >= 11 is 1.81. The van der Waals surface area contributed by atoms with Crippen molar-refractivity contribution in [3.05, 3.63) is 52.2 Å². The van der Waals surface area contributed by atoms with Crippen LogP contribution in [0, 0.1) is 6.92 Å². The quantitative estimate of drug-likeness (QED) is 0.269. The van der Waals surface area contributed by atoms with Gasteiger partial charge in [0, 0.05) is 23.3 Å². The van der Waals surface area contributed by atoms with Gasteiger partial charge in [0.1, 0.15) is 5.75 Å². The number of nitrogens with zero attached hydrogens (tertiary/aromatic N) is 1. The Hall–Kier alpha value is -1.28. The van der Waals surface area contributed by atoms with E-state index in [1.54, 1.807) is 7.05 Å². The molecule has 132 valence electrons. The average molecular weight is 459 g/mol. The van der Waals surface area contributed by atoms with Crippen LogP contribution in [-0.2, 0) is 6.54 Å². The molecule has 0 saturated heterocycles. The molecule has 0 amide bonds. The molecule has 2 aromatic rings. The van der Waals surface area contributed by atoms with Gasteiger partial charge in [-0.15, -0.1) is 35.3 Å². The van der Waals surface area contributed by atoms with E-state index in [9.17, 15) is 0 Å². The van der Waals surface area contributed by atoms with Crippen molar-refractivity contribution in [1.82, 2.24) is 10.6 Å². The number of aliphatic imine (C=N–C) groups is 1. The first-order valence-corrected chi connectivity index (χ1v) is 8.77. The second-order valence-electron chi connectivity index (χ2n) is 5.23. The van der Waals surface area contributed by atoms with Crippen molar-refractivity contribution in [1.29, 1.82) is 0 Å². The van der Waals surface area contributed by atoms with Crippen LogP contribution in [0.15, 0.2) is 47.5 Å². The highest BCUT2D eigenvalue weighted by atomic mass is 127. The van der Waals surface area contributed by atoms with Gasteiger partial charge in [-0.3, -0.25) is 4.99 Å². The molecular formula is C18H26IN3OS. The van der Waals surface area contributed by atoms with Crippen LogP contribution in [0.3, 0.4) is 0 Å². The van der Waals surface area contributed by atoms with Gasteiger partial charge in [-0.05, 0) is 44.0 Å². The van der Waals surface area contributed by atoms with Crippen molar-refractivity contribution < 1.29 is 4.74 Å². The lowest BCUT2D eigenvalue weighted by atomic mass is 10.3. The van der Waals surface area contributed by atoms with E-state index in [0.717, 1.165) is 44.2 Å². The Kier molecular flexibility index (Phi) is 10.5. The van der Waals surface area contributed by atoms with E-state index in [2.05, 4.69) is 34.7 Å². The number of hydrogen-bond donors (Lipinski definition) is 2. The summed E-state index contributed by atoms with van der Waals surface area (Å²) in [6.45, 7) is 4.57. The highest BCUT2D eigenvalue weighted by Gasteiger charge is 2.00. The van der Waals surface area contributed by atoms with Gasteiger partial charge in [0.25, 0.3) is 0 Å². The van der Waals surface area contributed by atoms with Crippen molar-refractivity contribution >= 4 is 41.3 Å². The lowest BCUT2D eigenvalue weighted by Gasteiger charge is -2.11. The molecule has 2 N–H and O–H groups in total. The van der Waals surface area contributed by atoms with Crippen molar-refractivity contribution in [3.8, 4) is 5.75 Å². The fraction of sp³-hybridized carbons (Fsp3) is 0.389. The fourth-order valence-electron chi connectivity index (χ4n) is 2.11. The average Bonchev–Trinajstić information content (AvgIpc) is 3.00. The normalized spacial score (nSPS) is 10.8. The Morgan fingerprint density at radius 2 is 1.88 bits per heavy atom. The Morgan fingerprint density at radius 3 is 2.54 bits per heavy atom. The largest absolute Gasteiger partial charge is 0.494 e. The predicted molar refractivity (Wildman–Crippen MR) is 114 cm³/mol. The van der Waals surface area contributed by atoms with Crippen molar-refractivity contribution in [2.75, 3.05) is 20.2 Å². The fourth-order valence-corrected chi connectivity index (χ4v) is 2.94. The number of nitrogens with one attached hydrogen (secondary N) is 2. The minimum absolute atomic E-state index is 0. The van der Waals surface area contributed by atoms with Gasteiger partial charge in [-0.1, -0.05) is 18.2 Å². The van der Waals surface area contributed by atoms with Gasteiger partial charge in [-0.2, -0.15) is 0 Å². The maximum absolute atomic E-state index is 5.67. The van der Waals surface area contributed by atoms with Gasteiger partial charge < -0.3 is 15.4 Å². The molecule has 0 spiro atoms. The summed E-state index contributed by atoms with van der Waals surface area (Å²) < 4.78 is 5.67. The van der Waals surface area contributed by atoms with Crippen LogP contribution in [0.25, 0.3) is 0 Å². The highest BCUT2D eigenvalue weighted by Crippen LogP contribution is 2.14. The minimum Gasteiger partial charge on any atom is -0.494 e. The summed E-state index contributed by atoms with van der Waals surface area (Å²) in [6.07, 6.45) is 2.06. The Bertz CT molecular complexity index is 601. The van der Waals surface area contributed by atoms with E-state index in [1.165, 1.54) is 9.75 Å². The number of unbranched alkanes of at least 4 members (excludes halogenated alkanes) is 1. The number of benzene rings is 1. The summed E-state index contributed by atoms with van der Waals surface area (Å²) in [5, 5.41) is 6.67. The SMILES string of the molecule is CN=C(NCCCCOc1ccccc1)NCc1ccc(C)s1.I. The standard InChI is InChI=1S/C18H25N3OS.HI/c1-15-10-11-17(23-15)14-21-18(19-2)20-12-6-7-13-22-16-8-4-3-5-9-16;/h3-5,8-11H,6-7,12-14H2,1-2H3,(H2,19,20,21);1H. The number of rotatable bonds is 8. The Morgan fingerprint density at radius 1 is 1.08 bits per heavy atom. The number of ether oxygens (including phenoxy) is 1. The summed E-state index contributed by atoms with van der Waals surface area (Å²) in [5.41, 5.74) is 0. The van der Waals surface area contributed by atoms with E-state index in [1.807, 2.05) is 41.7 Å². The van der Waals surface area contributed by atoms with E-state index >= 15 is 0 Å². The van der Waals surface area contributed by atoms with Crippen LogP contribution in [0.1, 0.15) is 22.6 Å². The van der Waals surface area contributed by atoms with E-state index in [4.69, 9.17) is 4.74 Å². The highest BCUT2D eigenvalue weighted by molar-refractivity contribution is 14.0. The van der Waals surface area contributed by atoms with Crippen LogP contribution < -0.4 is 15.4 Å². The molecule has 0 radical (unpaired) electrons. The van der Waals surface area contributed by atoms with Crippen LogP contribution in [0.4, 0.5) is 0 Å². The van der Waals surface area contributed by atoms with Crippen LogP contribution in [-0.4, -0.2) is 26.2 Å². The first kappa shape index (κ1) is 20.8. The lowest BCUT2D eigenvalue weighted by molar-refractivity contribution is 0.307. The van der Waals surface area contributed by atoms with Gasteiger partial charge in [0.2, 0.25) is 0 Å². The summed E-state index contributed by atoms with van der Waals surface area (Å²) in [4.78, 5) is 6.90. The zero-order valence-corrected chi connectivity index (χ0v) is 17.4. The van der Waals surface area contributed by atoms with Gasteiger partial charge in [0.15, 0.2) is 5.96 Å². The lowest BCUT2D eigenvalue weighted by Crippen LogP contribution is -2.37. The summed E-state index contributed by atoms with van der Waals surface area (Å²) in [6, 6.07) is 14.2. The van der Waals surface area contributed by atoms with Crippen molar-refractivity contribution in [2.45, 2.75) is 26.3 Å². The smallest absolute Gasteiger partial charge is 0.191 e. The summed E-state index contributed by atoms with van der Waals surface area (Å²) in [5.74, 6) is 1.78. The summed E-state index contributed by atoms with van der Waals surface area (Å²) in [7, 11) is 1.80. The molecule has 0 atom stereocenters. The topological polar surface area (TPSA) is 45.7 Å². The van der Waals surface area contributed by atoms with Crippen molar-refractivity contribution in [3.63, 3.8) is 0 Å². The third-order valence-electron chi connectivity index (χ3n) is 3.33. The van der Waals surface area contributed by atoms with E-state index in [-0.39, 0.29) is 24.0 Å². The molecule has 1 aromatic heterocycles. The van der Waals surface area contributed by atoms with Gasteiger partial charge >= 0.3 is 0 Å². The van der Waals surface area contributed by atoms with Crippen LogP contribution in [0.5, 0.6) is 5.75 Å². The monoisotopic (exact) mass is 459 g/mol. The maximum Gasteiger partial charge on any atom is 0.191 e. The minimum atomic E-state index is 0. The molecule has 2 rings (SSSR count). The molecule has 1 heterocycles. The zero-order chi connectivity index (χ0) is 16.3. The molecule has 0 aliphatic rings. The molecule has 0 aliphatic heterocycles. The molecule has 0 unspecified atom stereocenters. The van der Waals surface area contributed by atoms with Gasteiger partial charge in [-0.25, -0.2) is 0 Å². The second kappa shape index (κ2) is 12.1. The molecule has 6 heteroatoms.